The molecule has 1 amide bonds. The summed E-state index contributed by atoms with van der Waals surface area (Å²) in [5.74, 6) is -0.390. The smallest absolute Gasteiger partial charge is 0.379 e. The number of benzene rings is 2. The van der Waals surface area contributed by atoms with Gasteiger partial charge in [0, 0.05) is 19.6 Å². The molecule has 0 radical (unpaired) electrons. The van der Waals surface area contributed by atoms with Gasteiger partial charge < -0.3 is 10.1 Å². The van der Waals surface area contributed by atoms with Crippen LogP contribution in [0, 0.1) is 0 Å². The predicted molar refractivity (Wildman–Crippen MR) is 109 cm³/mol. The fourth-order valence-corrected chi connectivity index (χ4v) is 3.89. The molecular formula is C23H24F6N2O2. The molecule has 3 rings (SSSR count). The molecular weight excluding hydrogens is 450 g/mol. The van der Waals surface area contributed by atoms with E-state index in [-0.39, 0.29) is 24.6 Å². The number of carbonyl (C=O) groups is 1. The Kier molecular flexibility index (Phi) is 7.38. The third-order valence-corrected chi connectivity index (χ3v) is 5.77. The Hall–Kier alpha value is -2.59. The SMILES string of the molecule is CC(C(=O)NCCc1cc(C(F)(F)F)cc(C(F)(F)F)c1)(c1ccccc1)N1CCOCC1. The van der Waals surface area contributed by atoms with E-state index in [2.05, 4.69) is 5.32 Å². The molecule has 1 fully saturated rings. The number of hydrogen-bond donors (Lipinski definition) is 1. The molecule has 1 aliphatic heterocycles. The number of amides is 1. The molecule has 2 aromatic carbocycles. The molecule has 0 aromatic heterocycles. The summed E-state index contributed by atoms with van der Waals surface area (Å²) in [5.41, 5.74) is -3.26. The number of nitrogens with zero attached hydrogens (tertiary/aromatic N) is 1. The molecule has 0 bridgehead atoms. The number of hydrogen-bond acceptors (Lipinski definition) is 3. The van der Waals surface area contributed by atoms with Crippen molar-refractivity contribution in [1.82, 2.24) is 10.2 Å². The predicted octanol–water partition coefficient (Wildman–Crippen LogP) is 4.63. The van der Waals surface area contributed by atoms with Crippen molar-refractivity contribution >= 4 is 5.91 Å². The monoisotopic (exact) mass is 474 g/mol. The molecule has 1 aliphatic rings. The normalized spacial score (nSPS) is 17.4. The Labute approximate surface area is 187 Å². The van der Waals surface area contributed by atoms with Crippen molar-refractivity contribution in [3.05, 3.63) is 70.8 Å². The summed E-state index contributed by atoms with van der Waals surface area (Å²) in [4.78, 5) is 15.2. The quantitative estimate of drug-likeness (QED) is 0.621. The Morgan fingerprint density at radius 1 is 0.909 bits per heavy atom. The van der Waals surface area contributed by atoms with Gasteiger partial charge in [-0.05, 0) is 42.7 Å². The summed E-state index contributed by atoms with van der Waals surface area (Å²) in [6.07, 6.45) is -10.0. The van der Waals surface area contributed by atoms with E-state index >= 15 is 0 Å². The largest absolute Gasteiger partial charge is 0.416 e. The highest BCUT2D eigenvalue weighted by Gasteiger charge is 2.41. The minimum Gasteiger partial charge on any atom is -0.379 e. The van der Waals surface area contributed by atoms with Crippen LogP contribution >= 0.6 is 0 Å². The maximum Gasteiger partial charge on any atom is 0.416 e. The zero-order valence-corrected chi connectivity index (χ0v) is 17.9. The molecule has 1 saturated heterocycles. The summed E-state index contributed by atoms with van der Waals surface area (Å²) in [6, 6.07) is 10.5. The molecule has 1 atom stereocenters. The van der Waals surface area contributed by atoms with Crippen LogP contribution in [0.15, 0.2) is 48.5 Å². The van der Waals surface area contributed by atoms with Gasteiger partial charge >= 0.3 is 12.4 Å². The summed E-state index contributed by atoms with van der Waals surface area (Å²) in [5, 5.41) is 2.70. The maximum atomic E-state index is 13.3. The minimum atomic E-state index is -4.92. The van der Waals surface area contributed by atoms with Crippen molar-refractivity contribution in [2.24, 2.45) is 0 Å². The summed E-state index contributed by atoms with van der Waals surface area (Å²) in [7, 11) is 0. The van der Waals surface area contributed by atoms with Gasteiger partial charge in [-0.2, -0.15) is 26.3 Å². The zero-order chi connectivity index (χ0) is 24.3. The highest BCUT2D eigenvalue weighted by Crippen LogP contribution is 2.36. The molecule has 1 unspecified atom stereocenters. The Morgan fingerprint density at radius 2 is 1.45 bits per heavy atom. The van der Waals surface area contributed by atoms with Gasteiger partial charge in [-0.1, -0.05) is 30.3 Å². The fourth-order valence-electron chi connectivity index (χ4n) is 3.89. The van der Waals surface area contributed by atoms with Crippen molar-refractivity contribution in [3.63, 3.8) is 0 Å². The first-order chi connectivity index (χ1) is 15.4. The van der Waals surface area contributed by atoms with E-state index in [9.17, 15) is 31.1 Å². The lowest BCUT2D eigenvalue weighted by Gasteiger charge is -2.42. The van der Waals surface area contributed by atoms with Crippen LogP contribution in [0.2, 0.25) is 0 Å². The molecule has 0 aliphatic carbocycles. The average molecular weight is 474 g/mol. The van der Waals surface area contributed by atoms with Crippen LogP contribution in [-0.2, 0) is 33.8 Å². The first-order valence-corrected chi connectivity index (χ1v) is 10.4. The Bertz CT molecular complexity index is 923. The third kappa shape index (κ3) is 5.86. The lowest BCUT2D eigenvalue weighted by atomic mass is 9.88. The molecule has 1 N–H and O–H groups in total. The molecule has 0 saturated carbocycles. The Balaban J connectivity index is 1.79. The standard InChI is InChI=1S/C23H24F6N2O2/c1-21(17-5-3-2-4-6-17,31-9-11-33-12-10-31)20(32)30-8-7-16-13-18(22(24,25)26)15-19(14-16)23(27,28)29/h2-6,13-15H,7-12H2,1H3,(H,30,32). The van der Waals surface area contributed by atoms with Crippen LogP contribution in [0.3, 0.4) is 0 Å². The van der Waals surface area contributed by atoms with Crippen molar-refractivity contribution in [2.75, 3.05) is 32.8 Å². The van der Waals surface area contributed by atoms with Crippen LogP contribution in [0.1, 0.15) is 29.2 Å². The van der Waals surface area contributed by atoms with Gasteiger partial charge in [0.25, 0.3) is 0 Å². The topological polar surface area (TPSA) is 41.6 Å². The van der Waals surface area contributed by atoms with Crippen molar-refractivity contribution < 1.29 is 35.9 Å². The fraction of sp³-hybridized carbons (Fsp3) is 0.435. The molecule has 1 heterocycles. The number of rotatable bonds is 6. The van der Waals surface area contributed by atoms with E-state index in [0.29, 0.717) is 38.4 Å². The second-order valence-corrected chi connectivity index (χ2v) is 7.96. The lowest BCUT2D eigenvalue weighted by molar-refractivity contribution is -0.143. The summed E-state index contributed by atoms with van der Waals surface area (Å²) < 4.78 is 83.9. The average Bonchev–Trinajstić information content (AvgIpc) is 2.78. The van der Waals surface area contributed by atoms with Gasteiger partial charge in [0.1, 0.15) is 5.54 Å². The first-order valence-electron chi connectivity index (χ1n) is 10.4. The number of carbonyl (C=O) groups excluding carboxylic acids is 1. The molecule has 4 nitrogen and oxygen atoms in total. The number of morpholine rings is 1. The summed E-state index contributed by atoms with van der Waals surface area (Å²) >= 11 is 0. The van der Waals surface area contributed by atoms with Crippen molar-refractivity contribution in [2.45, 2.75) is 31.2 Å². The van der Waals surface area contributed by atoms with Crippen LogP contribution in [0.4, 0.5) is 26.3 Å². The highest BCUT2D eigenvalue weighted by molar-refractivity contribution is 5.87. The van der Waals surface area contributed by atoms with Gasteiger partial charge in [0.15, 0.2) is 0 Å². The molecule has 180 valence electrons. The van der Waals surface area contributed by atoms with Crippen molar-refractivity contribution in [1.29, 1.82) is 0 Å². The second-order valence-electron chi connectivity index (χ2n) is 7.96. The molecule has 10 heteroatoms. The van der Waals surface area contributed by atoms with E-state index < -0.39 is 34.9 Å². The lowest BCUT2D eigenvalue weighted by Crippen LogP contribution is -2.57. The van der Waals surface area contributed by atoms with Crippen LogP contribution in [-0.4, -0.2) is 43.7 Å². The zero-order valence-electron chi connectivity index (χ0n) is 17.9. The Morgan fingerprint density at radius 3 is 1.97 bits per heavy atom. The number of alkyl halides is 6. The van der Waals surface area contributed by atoms with Gasteiger partial charge in [-0.25, -0.2) is 0 Å². The van der Waals surface area contributed by atoms with Gasteiger partial charge in [-0.15, -0.1) is 0 Å². The van der Waals surface area contributed by atoms with Gasteiger partial charge in [-0.3, -0.25) is 9.69 Å². The highest BCUT2D eigenvalue weighted by atomic mass is 19.4. The third-order valence-electron chi connectivity index (χ3n) is 5.77. The van der Waals surface area contributed by atoms with Crippen LogP contribution < -0.4 is 5.32 Å². The molecule has 0 spiro atoms. The van der Waals surface area contributed by atoms with E-state index in [1.54, 1.807) is 31.2 Å². The van der Waals surface area contributed by atoms with E-state index in [0.717, 1.165) is 5.56 Å². The van der Waals surface area contributed by atoms with Gasteiger partial charge in [0.2, 0.25) is 5.91 Å². The van der Waals surface area contributed by atoms with E-state index in [4.69, 9.17) is 4.74 Å². The number of ether oxygens (including phenoxy) is 1. The number of nitrogens with one attached hydrogen (secondary N) is 1. The molecule has 33 heavy (non-hydrogen) atoms. The second kappa shape index (κ2) is 9.72. The minimum absolute atomic E-state index is 0.0903. The van der Waals surface area contributed by atoms with Crippen LogP contribution in [0.5, 0.6) is 0 Å². The molecule has 2 aromatic rings. The van der Waals surface area contributed by atoms with Crippen molar-refractivity contribution in [3.8, 4) is 0 Å². The maximum absolute atomic E-state index is 13.3. The number of halogens is 6. The van der Waals surface area contributed by atoms with E-state index in [1.165, 1.54) is 0 Å². The van der Waals surface area contributed by atoms with E-state index in [1.807, 2.05) is 11.0 Å². The first kappa shape index (κ1) is 25.0. The summed E-state index contributed by atoms with van der Waals surface area (Å²) in [6.45, 7) is 3.52. The van der Waals surface area contributed by atoms with Crippen LogP contribution in [0.25, 0.3) is 0 Å². The van der Waals surface area contributed by atoms with Gasteiger partial charge in [0.05, 0.1) is 24.3 Å².